The fraction of sp³-hybridized carbons (Fsp3) is 1.00. The second kappa shape index (κ2) is 10.7. The van der Waals surface area contributed by atoms with Crippen LogP contribution in [0.1, 0.15) is 19.8 Å². The van der Waals surface area contributed by atoms with Crippen LogP contribution in [-0.2, 0) is 14.2 Å². The van der Waals surface area contributed by atoms with Gasteiger partial charge in [-0.25, -0.2) is 0 Å². The standard InChI is InChI=1S/C13H28N2O3/c1-2-3-5-16-7-9-18-10-8-17-6-4-15-11-13(14)12-15/h13H,2-12,14H2,1H3. The number of likely N-dealkylation sites (tertiary alicyclic amines) is 1. The number of unbranched alkanes of at least 4 members (excludes halogenated alkanes) is 1. The molecule has 0 radical (unpaired) electrons. The molecular weight excluding hydrogens is 232 g/mol. The number of hydrogen-bond acceptors (Lipinski definition) is 5. The van der Waals surface area contributed by atoms with E-state index < -0.39 is 0 Å². The minimum Gasteiger partial charge on any atom is -0.379 e. The maximum absolute atomic E-state index is 5.68. The predicted molar refractivity (Wildman–Crippen MR) is 71.8 cm³/mol. The van der Waals surface area contributed by atoms with E-state index in [0.29, 0.717) is 32.5 Å². The molecule has 1 saturated heterocycles. The van der Waals surface area contributed by atoms with E-state index in [0.717, 1.165) is 39.3 Å². The molecule has 0 aliphatic carbocycles. The van der Waals surface area contributed by atoms with E-state index >= 15 is 0 Å². The van der Waals surface area contributed by atoms with E-state index in [2.05, 4.69) is 11.8 Å². The molecule has 108 valence electrons. The van der Waals surface area contributed by atoms with Crippen LogP contribution in [0.15, 0.2) is 0 Å². The van der Waals surface area contributed by atoms with Crippen molar-refractivity contribution in [2.45, 2.75) is 25.8 Å². The van der Waals surface area contributed by atoms with E-state index in [4.69, 9.17) is 19.9 Å². The zero-order chi connectivity index (χ0) is 13.1. The second-order valence-electron chi connectivity index (χ2n) is 4.71. The first-order valence-electron chi connectivity index (χ1n) is 7.04. The van der Waals surface area contributed by atoms with Gasteiger partial charge in [-0.1, -0.05) is 13.3 Å². The van der Waals surface area contributed by atoms with Gasteiger partial charge in [-0.05, 0) is 6.42 Å². The maximum atomic E-state index is 5.68. The molecule has 2 N–H and O–H groups in total. The van der Waals surface area contributed by atoms with E-state index in [-0.39, 0.29) is 0 Å². The fourth-order valence-electron chi connectivity index (χ4n) is 1.77. The highest BCUT2D eigenvalue weighted by Gasteiger charge is 2.21. The third-order valence-electron chi connectivity index (χ3n) is 2.92. The lowest BCUT2D eigenvalue weighted by molar-refractivity contribution is 0.00568. The molecule has 5 heteroatoms. The third kappa shape index (κ3) is 8.00. The summed E-state index contributed by atoms with van der Waals surface area (Å²) in [6.45, 7) is 9.42. The Morgan fingerprint density at radius 3 is 2.06 bits per heavy atom. The molecule has 0 spiro atoms. The van der Waals surface area contributed by atoms with Crippen molar-refractivity contribution in [2.24, 2.45) is 5.73 Å². The van der Waals surface area contributed by atoms with Crippen molar-refractivity contribution in [3.05, 3.63) is 0 Å². The van der Waals surface area contributed by atoms with Crippen molar-refractivity contribution in [2.75, 3.05) is 59.3 Å². The molecule has 1 rings (SSSR count). The molecule has 0 atom stereocenters. The Morgan fingerprint density at radius 2 is 1.50 bits per heavy atom. The summed E-state index contributed by atoms with van der Waals surface area (Å²) < 4.78 is 16.2. The first-order chi connectivity index (χ1) is 8.83. The lowest BCUT2D eigenvalue weighted by atomic mass is 10.1. The molecule has 0 unspecified atom stereocenters. The van der Waals surface area contributed by atoms with Gasteiger partial charge in [0.25, 0.3) is 0 Å². The quantitative estimate of drug-likeness (QED) is 0.517. The van der Waals surface area contributed by atoms with Crippen LogP contribution in [0.4, 0.5) is 0 Å². The average Bonchev–Trinajstić information content (AvgIpc) is 2.33. The van der Waals surface area contributed by atoms with Crippen molar-refractivity contribution in [3.8, 4) is 0 Å². The first kappa shape index (κ1) is 15.9. The highest BCUT2D eigenvalue weighted by atomic mass is 16.5. The molecule has 0 amide bonds. The molecule has 5 nitrogen and oxygen atoms in total. The normalized spacial score (nSPS) is 17.0. The van der Waals surface area contributed by atoms with Gasteiger partial charge < -0.3 is 19.9 Å². The molecular formula is C13H28N2O3. The largest absolute Gasteiger partial charge is 0.379 e. The molecule has 1 aliphatic heterocycles. The smallest absolute Gasteiger partial charge is 0.0701 e. The number of ether oxygens (including phenoxy) is 3. The second-order valence-corrected chi connectivity index (χ2v) is 4.71. The minimum absolute atomic E-state index is 0.376. The van der Waals surface area contributed by atoms with E-state index in [1.54, 1.807) is 0 Å². The number of nitrogens with zero attached hydrogens (tertiary/aromatic N) is 1. The van der Waals surface area contributed by atoms with Crippen molar-refractivity contribution < 1.29 is 14.2 Å². The van der Waals surface area contributed by atoms with E-state index in [1.165, 1.54) is 6.42 Å². The van der Waals surface area contributed by atoms with Gasteiger partial charge >= 0.3 is 0 Å². The van der Waals surface area contributed by atoms with Crippen molar-refractivity contribution >= 4 is 0 Å². The summed E-state index contributed by atoms with van der Waals surface area (Å²) in [5.41, 5.74) is 5.68. The van der Waals surface area contributed by atoms with Gasteiger partial charge in [0, 0.05) is 32.3 Å². The average molecular weight is 260 g/mol. The zero-order valence-corrected chi connectivity index (χ0v) is 11.6. The Morgan fingerprint density at radius 1 is 0.944 bits per heavy atom. The summed E-state index contributed by atoms with van der Waals surface area (Å²) in [7, 11) is 0. The Bertz CT molecular complexity index is 187. The summed E-state index contributed by atoms with van der Waals surface area (Å²) in [5, 5.41) is 0. The summed E-state index contributed by atoms with van der Waals surface area (Å²) in [6.07, 6.45) is 2.31. The van der Waals surface area contributed by atoms with Gasteiger partial charge in [0.1, 0.15) is 0 Å². The molecule has 0 bridgehead atoms. The minimum atomic E-state index is 0.376. The molecule has 0 aromatic carbocycles. The van der Waals surface area contributed by atoms with Gasteiger partial charge in [-0.15, -0.1) is 0 Å². The third-order valence-corrected chi connectivity index (χ3v) is 2.92. The molecule has 18 heavy (non-hydrogen) atoms. The van der Waals surface area contributed by atoms with Crippen LogP contribution in [0, 0.1) is 0 Å². The summed E-state index contributed by atoms with van der Waals surface area (Å²) in [5.74, 6) is 0. The first-order valence-corrected chi connectivity index (χ1v) is 7.04. The van der Waals surface area contributed by atoms with Crippen LogP contribution >= 0.6 is 0 Å². The van der Waals surface area contributed by atoms with Crippen LogP contribution in [0.5, 0.6) is 0 Å². The summed E-state index contributed by atoms with van der Waals surface area (Å²) in [6, 6.07) is 0.376. The molecule has 1 aliphatic rings. The molecule has 1 heterocycles. The van der Waals surface area contributed by atoms with E-state index in [1.807, 2.05) is 0 Å². The predicted octanol–water partition coefficient (Wildman–Crippen LogP) is 0.479. The van der Waals surface area contributed by atoms with Gasteiger partial charge in [0.2, 0.25) is 0 Å². The van der Waals surface area contributed by atoms with Crippen LogP contribution < -0.4 is 5.73 Å². The summed E-state index contributed by atoms with van der Waals surface area (Å²) in [4.78, 5) is 2.30. The Hall–Kier alpha value is -0.200. The highest BCUT2D eigenvalue weighted by molar-refractivity contribution is 4.81. The SMILES string of the molecule is CCCCOCCOCCOCCN1CC(N)C1. The zero-order valence-electron chi connectivity index (χ0n) is 11.6. The van der Waals surface area contributed by atoms with Crippen LogP contribution in [0.3, 0.4) is 0 Å². The Labute approximate surface area is 111 Å². The van der Waals surface area contributed by atoms with E-state index in [9.17, 15) is 0 Å². The molecule has 1 fully saturated rings. The molecule has 0 aromatic heterocycles. The topological polar surface area (TPSA) is 57.0 Å². The van der Waals surface area contributed by atoms with Gasteiger partial charge in [0.05, 0.1) is 33.0 Å². The lowest BCUT2D eigenvalue weighted by Gasteiger charge is -2.36. The Kier molecular flexibility index (Phi) is 9.42. The van der Waals surface area contributed by atoms with Crippen LogP contribution in [0.2, 0.25) is 0 Å². The fourth-order valence-corrected chi connectivity index (χ4v) is 1.77. The van der Waals surface area contributed by atoms with Crippen molar-refractivity contribution in [3.63, 3.8) is 0 Å². The van der Waals surface area contributed by atoms with Crippen molar-refractivity contribution in [1.82, 2.24) is 4.90 Å². The Balaban J connectivity index is 1.66. The number of nitrogens with two attached hydrogens (primary N) is 1. The lowest BCUT2D eigenvalue weighted by Crippen LogP contribution is -2.56. The van der Waals surface area contributed by atoms with Crippen LogP contribution in [-0.4, -0.2) is 70.2 Å². The highest BCUT2D eigenvalue weighted by Crippen LogP contribution is 2.03. The van der Waals surface area contributed by atoms with Gasteiger partial charge in [0.15, 0.2) is 0 Å². The number of hydrogen-bond donors (Lipinski definition) is 1. The summed E-state index contributed by atoms with van der Waals surface area (Å²) >= 11 is 0. The van der Waals surface area contributed by atoms with Gasteiger partial charge in [-0.3, -0.25) is 4.90 Å². The molecule has 0 saturated carbocycles. The number of rotatable bonds is 12. The molecule has 0 aromatic rings. The van der Waals surface area contributed by atoms with Gasteiger partial charge in [-0.2, -0.15) is 0 Å². The maximum Gasteiger partial charge on any atom is 0.0701 e. The van der Waals surface area contributed by atoms with Crippen LogP contribution in [0.25, 0.3) is 0 Å². The monoisotopic (exact) mass is 260 g/mol. The van der Waals surface area contributed by atoms with Crippen molar-refractivity contribution in [1.29, 1.82) is 0 Å².